The smallest absolute Gasteiger partial charge is 0.183 e. The lowest BCUT2D eigenvalue weighted by Gasteiger charge is -2.16. The summed E-state index contributed by atoms with van der Waals surface area (Å²) in [5, 5.41) is 0. The number of hydrogen-bond donors (Lipinski definition) is 0. The van der Waals surface area contributed by atoms with E-state index in [9.17, 15) is 0 Å². The molecule has 1 aromatic heterocycles. The Morgan fingerprint density at radius 3 is 2.60 bits per heavy atom. The van der Waals surface area contributed by atoms with Crippen LogP contribution in [0.25, 0.3) is 0 Å². The quantitative estimate of drug-likeness (QED) is 0.768. The highest BCUT2D eigenvalue weighted by Crippen LogP contribution is 2.18. The first-order valence-electron chi connectivity index (χ1n) is 5.01. The van der Waals surface area contributed by atoms with Gasteiger partial charge in [-0.15, -0.1) is 11.3 Å². The molecule has 0 fully saturated rings. The van der Waals surface area contributed by atoms with Crippen molar-refractivity contribution in [3.05, 3.63) is 15.5 Å². The summed E-state index contributed by atoms with van der Waals surface area (Å²) in [4.78, 5) is 9.76. The van der Waals surface area contributed by atoms with Crippen LogP contribution in [0.3, 0.4) is 0 Å². The van der Waals surface area contributed by atoms with Gasteiger partial charge in [-0.1, -0.05) is 11.6 Å². The summed E-state index contributed by atoms with van der Waals surface area (Å²) >= 11 is 7.33. The number of rotatable bonds is 6. The molecule has 0 radical (unpaired) electrons. The minimum absolute atomic E-state index is 0.631. The summed E-state index contributed by atoms with van der Waals surface area (Å²) in [6.45, 7) is 3.18. The van der Waals surface area contributed by atoms with Crippen LogP contribution in [-0.4, -0.2) is 49.0 Å². The van der Waals surface area contributed by atoms with Gasteiger partial charge in [0, 0.05) is 17.6 Å². The van der Waals surface area contributed by atoms with E-state index >= 15 is 0 Å². The second kappa shape index (κ2) is 6.43. The van der Waals surface area contributed by atoms with Crippen LogP contribution in [0.1, 0.15) is 11.3 Å². The zero-order valence-electron chi connectivity index (χ0n) is 9.53. The molecule has 0 N–H and O–H groups in total. The Labute approximate surface area is 101 Å². The highest BCUT2D eigenvalue weighted by atomic mass is 35.5. The molecule has 0 aromatic carbocycles. The SMILES string of the molecule is CN(C)CCCN(C)Cc1cnc(Cl)s1. The van der Waals surface area contributed by atoms with Crippen molar-refractivity contribution < 1.29 is 0 Å². The van der Waals surface area contributed by atoms with E-state index in [1.54, 1.807) is 11.3 Å². The molecule has 3 nitrogen and oxygen atoms in total. The maximum absolute atomic E-state index is 5.77. The fraction of sp³-hybridized carbons (Fsp3) is 0.700. The Balaban J connectivity index is 2.21. The Morgan fingerprint density at radius 1 is 1.33 bits per heavy atom. The van der Waals surface area contributed by atoms with Gasteiger partial charge < -0.3 is 9.80 Å². The predicted molar refractivity (Wildman–Crippen MR) is 66.6 cm³/mol. The van der Waals surface area contributed by atoms with Crippen molar-refractivity contribution in [3.8, 4) is 0 Å². The van der Waals surface area contributed by atoms with Crippen molar-refractivity contribution in [1.82, 2.24) is 14.8 Å². The van der Waals surface area contributed by atoms with Crippen LogP contribution in [0.5, 0.6) is 0 Å². The largest absolute Gasteiger partial charge is 0.309 e. The molecule has 86 valence electrons. The van der Waals surface area contributed by atoms with Gasteiger partial charge in [0.15, 0.2) is 4.47 Å². The second-order valence-electron chi connectivity index (χ2n) is 3.97. The van der Waals surface area contributed by atoms with E-state index < -0.39 is 0 Å². The molecular weight excluding hydrogens is 230 g/mol. The maximum atomic E-state index is 5.77. The average Bonchev–Trinajstić information content (AvgIpc) is 2.50. The Morgan fingerprint density at radius 2 is 2.07 bits per heavy atom. The van der Waals surface area contributed by atoms with E-state index in [4.69, 9.17) is 11.6 Å². The number of thiazole rings is 1. The number of halogens is 1. The standard InChI is InChI=1S/C10H18ClN3S/c1-13(2)5-4-6-14(3)8-9-7-12-10(11)15-9/h7H,4-6,8H2,1-3H3. The van der Waals surface area contributed by atoms with Gasteiger partial charge in [0.2, 0.25) is 0 Å². The van der Waals surface area contributed by atoms with Crippen LogP contribution in [0, 0.1) is 0 Å². The van der Waals surface area contributed by atoms with E-state index in [1.807, 2.05) is 6.20 Å². The van der Waals surface area contributed by atoms with Crippen molar-refractivity contribution in [2.24, 2.45) is 0 Å². The summed E-state index contributed by atoms with van der Waals surface area (Å²) in [6, 6.07) is 0. The van der Waals surface area contributed by atoms with Gasteiger partial charge in [0.05, 0.1) is 0 Å². The maximum Gasteiger partial charge on any atom is 0.183 e. The summed E-state index contributed by atoms with van der Waals surface area (Å²) in [6.07, 6.45) is 3.05. The van der Waals surface area contributed by atoms with Crippen molar-refractivity contribution in [3.63, 3.8) is 0 Å². The summed E-state index contributed by atoms with van der Waals surface area (Å²) in [5.74, 6) is 0. The first-order chi connectivity index (χ1) is 7.08. The topological polar surface area (TPSA) is 19.4 Å². The Kier molecular flexibility index (Phi) is 5.53. The molecule has 0 spiro atoms. The van der Waals surface area contributed by atoms with Crippen LogP contribution in [0.2, 0.25) is 4.47 Å². The molecule has 15 heavy (non-hydrogen) atoms. The van der Waals surface area contributed by atoms with Crippen LogP contribution in [0.4, 0.5) is 0 Å². The summed E-state index contributed by atoms with van der Waals surface area (Å²) in [7, 11) is 6.33. The lowest BCUT2D eigenvalue weighted by atomic mass is 10.3. The minimum Gasteiger partial charge on any atom is -0.309 e. The second-order valence-corrected chi connectivity index (χ2v) is 5.67. The molecular formula is C10H18ClN3S. The van der Waals surface area contributed by atoms with E-state index in [0.717, 1.165) is 19.6 Å². The third-order valence-electron chi connectivity index (χ3n) is 2.10. The molecule has 0 aliphatic heterocycles. The molecule has 0 bridgehead atoms. The summed E-state index contributed by atoms with van der Waals surface area (Å²) < 4.78 is 0.631. The van der Waals surface area contributed by atoms with Crippen molar-refractivity contribution >= 4 is 22.9 Å². The van der Waals surface area contributed by atoms with Gasteiger partial charge in [0.25, 0.3) is 0 Å². The van der Waals surface area contributed by atoms with Crippen LogP contribution in [-0.2, 0) is 6.54 Å². The molecule has 0 aliphatic rings. The van der Waals surface area contributed by atoms with E-state index in [1.165, 1.54) is 11.3 Å². The fourth-order valence-electron chi connectivity index (χ4n) is 1.36. The highest BCUT2D eigenvalue weighted by molar-refractivity contribution is 7.15. The van der Waals surface area contributed by atoms with Gasteiger partial charge in [-0.3, -0.25) is 0 Å². The monoisotopic (exact) mass is 247 g/mol. The normalized spacial score (nSPS) is 11.6. The molecule has 0 amide bonds. The lowest BCUT2D eigenvalue weighted by Crippen LogP contribution is -2.23. The molecule has 0 aliphatic carbocycles. The Hall–Kier alpha value is -0.160. The number of hydrogen-bond acceptors (Lipinski definition) is 4. The highest BCUT2D eigenvalue weighted by Gasteiger charge is 2.03. The van der Waals surface area contributed by atoms with Gasteiger partial charge >= 0.3 is 0 Å². The molecule has 1 rings (SSSR count). The van der Waals surface area contributed by atoms with Crippen molar-refractivity contribution in [2.75, 3.05) is 34.2 Å². The fourth-order valence-corrected chi connectivity index (χ4v) is 2.42. The molecule has 0 unspecified atom stereocenters. The predicted octanol–water partition coefficient (Wildman–Crippen LogP) is 2.18. The molecule has 1 aromatic rings. The number of nitrogens with zero attached hydrogens (tertiary/aromatic N) is 3. The zero-order chi connectivity index (χ0) is 11.3. The van der Waals surface area contributed by atoms with Gasteiger partial charge in [-0.05, 0) is 40.7 Å². The van der Waals surface area contributed by atoms with Crippen LogP contribution >= 0.6 is 22.9 Å². The van der Waals surface area contributed by atoms with Crippen LogP contribution in [0.15, 0.2) is 6.20 Å². The molecule has 0 atom stereocenters. The zero-order valence-corrected chi connectivity index (χ0v) is 11.1. The van der Waals surface area contributed by atoms with Gasteiger partial charge in [0.1, 0.15) is 0 Å². The van der Waals surface area contributed by atoms with Gasteiger partial charge in [-0.2, -0.15) is 0 Å². The average molecular weight is 248 g/mol. The number of aromatic nitrogens is 1. The summed E-state index contributed by atoms with van der Waals surface area (Å²) in [5.41, 5.74) is 0. The van der Waals surface area contributed by atoms with Crippen molar-refractivity contribution in [1.29, 1.82) is 0 Å². The molecule has 1 heterocycles. The molecule has 0 saturated heterocycles. The van der Waals surface area contributed by atoms with Crippen LogP contribution < -0.4 is 0 Å². The molecule has 5 heteroatoms. The lowest BCUT2D eigenvalue weighted by molar-refractivity contribution is 0.296. The Bertz CT molecular complexity index is 288. The van der Waals surface area contributed by atoms with Crippen molar-refractivity contribution in [2.45, 2.75) is 13.0 Å². The molecule has 0 saturated carbocycles. The van der Waals surface area contributed by atoms with E-state index in [2.05, 4.69) is 35.9 Å². The van der Waals surface area contributed by atoms with E-state index in [-0.39, 0.29) is 0 Å². The van der Waals surface area contributed by atoms with E-state index in [0.29, 0.717) is 4.47 Å². The first kappa shape index (κ1) is 12.9. The van der Waals surface area contributed by atoms with Gasteiger partial charge in [-0.25, -0.2) is 4.98 Å². The third kappa shape index (κ3) is 5.47. The third-order valence-corrected chi connectivity index (χ3v) is 3.20. The minimum atomic E-state index is 0.631. The first-order valence-corrected chi connectivity index (χ1v) is 6.21.